The highest BCUT2D eigenvalue weighted by Gasteiger charge is 2.22. The van der Waals surface area contributed by atoms with Gasteiger partial charge in [-0.1, -0.05) is 0 Å². The highest BCUT2D eigenvalue weighted by Crippen LogP contribution is 2.25. The van der Waals surface area contributed by atoms with Crippen molar-refractivity contribution in [3.8, 4) is 0 Å². The second-order valence-electron chi connectivity index (χ2n) is 4.51. The summed E-state index contributed by atoms with van der Waals surface area (Å²) in [4.78, 5) is 15.2. The molecule has 1 aromatic heterocycles. The van der Waals surface area contributed by atoms with Crippen LogP contribution in [0.1, 0.15) is 49.6 Å². The summed E-state index contributed by atoms with van der Waals surface area (Å²) in [6, 6.07) is 0.553. The van der Waals surface area contributed by atoms with E-state index in [4.69, 9.17) is 5.11 Å². The Morgan fingerprint density at radius 2 is 2.31 bits per heavy atom. The molecular formula is C11H17N3O2. The van der Waals surface area contributed by atoms with Gasteiger partial charge in [0.25, 0.3) is 0 Å². The molecule has 1 saturated carbocycles. The number of hydrogen-bond acceptors (Lipinski definition) is 3. The van der Waals surface area contributed by atoms with E-state index in [0.717, 1.165) is 12.8 Å². The van der Waals surface area contributed by atoms with Crippen LogP contribution in [0.25, 0.3) is 0 Å². The van der Waals surface area contributed by atoms with Crippen molar-refractivity contribution in [1.29, 1.82) is 0 Å². The molecule has 0 atom stereocenters. The predicted molar refractivity (Wildman–Crippen MR) is 60.8 cm³/mol. The third-order valence-electron chi connectivity index (χ3n) is 2.97. The van der Waals surface area contributed by atoms with Crippen molar-refractivity contribution >= 4 is 11.9 Å². The summed E-state index contributed by atoms with van der Waals surface area (Å²) in [5.41, 5.74) is 0.247. The van der Waals surface area contributed by atoms with Crippen molar-refractivity contribution in [3.05, 3.63) is 11.9 Å². The summed E-state index contributed by atoms with van der Waals surface area (Å²) < 4.78 is 1.74. The Hall–Kier alpha value is -1.52. The number of nitrogens with zero attached hydrogens (tertiary/aromatic N) is 2. The first-order valence-electron chi connectivity index (χ1n) is 5.66. The van der Waals surface area contributed by atoms with Crippen LogP contribution < -0.4 is 5.32 Å². The minimum Gasteiger partial charge on any atom is -0.477 e. The number of hydrogen-bond donors (Lipinski definition) is 2. The molecule has 2 rings (SSSR count). The van der Waals surface area contributed by atoms with Gasteiger partial charge in [-0.05, 0) is 33.1 Å². The molecule has 5 heteroatoms. The number of carboxylic acids is 1. The van der Waals surface area contributed by atoms with E-state index in [1.165, 1.54) is 12.6 Å². The molecule has 0 saturated heterocycles. The summed E-state index contributed by atoms with van der Waals surface area (Å²) in [6.45, 7) is 3.92. The minimum absolute atomic E-state index is 0.0937. The molecule has 1 aromatic rings. The molecule has 0 unspecified atom stereocenters. The second kappa shape index (κ2) is 4.15. The number of imidazole rings is 1. The number of anilines is 1. The van der Waals surface area contributed by atoms with Gasteiger partial charge < -0.3 is 15.0 Å². The Labute approximate surface area is 94.5 Å². The molecule has 16 heavy (non-hydrogen) atoms. The number of nitrogens with one attached hydrogen (secondary N) is 1. The zero-order valence-corrected chi connectivity index (χ0v) is 9.60. The Morgan fingerprint density at radius 3 is 2.75 bits per heavy atom. The molecule has 0 spiro atoms. The molecule has 0 aromatic carbocycles. The molecule has 88 valence electrons. The van der Waals surface area contributed by atoms with Crippen LogP contribution >= 0.6 is 0 Å². The minimum atomic E-state index is -0.928. The van der Waals surface area contributed by atoms with Crippen LogP contribution in [-0.4, -0.2) is 26.7 Å². The number of carbonyl (C=O) groups is 1. The first-order valence-corrected chi connectivity index (χ1v) is 5.66. The van der Waals surface area contributed by atoms with Crippen molar-refractivity contribution in [2.75, 3.05) is 5.32 Å². The highest BCUT2D eigenvalue weighted by atomic mass is 16.4. The van der Waals surface area contributed by atoms with Gasteiger partial charge in [0, 0.05) is 12.1 Å². The van der Waals surface area contributed by atoms with Crippen LogP contribution in [0, 0.1) is 0 Å². The Balaban J connectivity index is 2.25. The van der Waals surface area contributed by atoms with Gasteiger partial charge in [0.2, 0.25) is 5.95 Å². The first kappa shape index (κ1) is 11.0. The molecular weight excluding hydrogens is 206 g/mol. The summed E-state index contributed by atoms with van der Waals surface area (Å²) in [5, 5.41) is 12.3. The summed E-state index contributed by atoms with van der Waals surface area (Å²) in [6.07, 6.45) is 4.95. The van der Waals surface area contributed by atoms with E-state index in [0.29, 0.717) is 12.0 Å². The summed E-state index contributed by atoms with van der Waals surface area (Å²) in [5.74, 6) is -0.250. The van der Waals surface area contributed by atoms with Crippen LogP contribution in [-0.2, 0) is 0 Å². The molecule has 0 aliphatic heterocycles. The van der Waals surface area contributed by atoms with Gasteiger partial charge in [0.05, 0.1) is 6.20 Å². The van der Waals surface area contributed by atoms with Crippen LogP contribution in [0.4, 0.5) is 5.95 Å². The van der Waals surface area contributed by atoms with E-state index < -0.39 is 5.97 Å². The molecule has 1 fully saturated rings. The van der Waals surface area contributed by atoms with Crippen molar-refractivity contribution in [2.24, 2.45) is 0 Å². The fraction of sp³-hybridized carbons (Fsp3) is 0.636. The van der Waals surface area contributed by atoms with Gasteiger partial charge in [0.1, 0.15) is 5.69 Å². The van der Waals surface area contributed by atoms with E-state index >= 15 is 0 Å². The van der Waals surface area contributed by atoms with Crippen molar-refractivity contribution in [2.45, 2.75) is 45.2 Å². The van der Waals surface area contributed by atoms with E-state index in [1.54, 1.807) is 4.57 Å². The van der Waals surface area contributed by atoms with Crippen LogP contribution in [0.15, 0.2) is 6.20 Å². The van der Waals surface area contributed by atoms with E-state index in [2.05, 4.69) is 10.3 Å². The average Bonchev–Trinajstić information content (AvgIpc) is 2.54. The maximum atomic E-state index is 11.0. The lowest BCUT2D eigenvalue weighted by Crippen LogP contribution is -2.29. The van der Waals surface area contributed by atoms with E-state index in [9.17, 15) is 4.79 Å². The van der Waals surface area contributed by atoms with Crippen LogP contribution in [0.5, 0.6) is 0 Å². The fourth-order valence-corrected chi connectivity index (χ4v) is 1.88. The number of aromatic nitrogens is 2. The molecule has 1 aliphatic rings. The molecule has 0 bridgehead atoms. The standard InChI is InChI=1S/C11H17N3O2/c1-7(2)14-9(10(15)16)6-12-11(14)13-8-4-3-5-8/h6-8H,3-5H2,1-2H3,(H,12,13)(H,15,16). The second-order valence-corrected chi connectivity index (χ2v) is 4.51. The van der Waals surface area contributed by atoms with Crippen LogP contribution in [0.3, 0.4) is 0 Å². The maximum Gasteiger partial charge on any atom is 0.354 e. The zero-order chi connectivity index (χ0) is 11.7. The normalized spacial score (nSPS) is 16.2. The monoisotopic (exact) mass is 223 g/mol. The molecule has 2 N–H and O–H groups in total. The van der Waals surface area contributed by atoms with Gasteiger partial charge in [-0.15, -0.1) is 0 Å². The zero-order valence-electron chi connectivity index (χ0n) is 9.60. The van der Waals surface area contributed by atoms with Gasteiger partial charge in [-0.2, -0.15) is 0 Å². The van der Waals surface area contributed by atoms with Crippen molar-refractivity contribution < 1.29 is 9.90 Å². The Kier molecular flexibility index (Phi) is 2.85. The number of aromatic carboxylic acids is 1. The Bertz CT molecular complexity index is 394. The summed E-state index contributed by atoms with van der Waals surface area (Å²) in [7, 11) is 0. The predicted octanol–water partition coefficient (Wildman–Crippen LogP) is 2.13. The fourth-order valence-electron chi connectivity index (χ4n) is 1.88. The SMILES string of the molecule is CC(C)n1c(C(=O)O)cnc1NC1CCC1. The molecule has 1 heterocycles. The van der Waals surface area contributed by atoms with Gasteiger partial charge in [-0.3, -0.25) is 0 Å². The van der Waals surface area contributed by atoms with Crippen LogP contribution in [0.2, 0.25) is 0 Å². The van der Waals surface area contributed by atoms with Gasteiger partial charge in [0.15, 0.2) is 0 Å². The topological polar surface area (TPSA) is 67.2 Å². The molecule has 5 nitrogen and oxygen atoms in total. The summed E-state index contributed by atoms with van der Waals surface area (Å²) >= 11 is 0. The van der Waals surface area contributed by atoms with E-state index in [1.807, 2.05) is 13.8 Å². The smallest absolute Gasteiger partial charge is 0.354 e. The highest BCUT2D eigenvalue weighted by molar-refractivity contribution is 5.86. The maximum absolute atomic E-state index is 11.0. The largest absolute Gasteiger partial charge is 0.477 e. The first-order chi connectivity index (χ1) is 7.59. The molecule has 0 amide bonds. The average molecular weight is 223 g/mol. The molecule has 1 aliphatic carbocycles. The number of rotatable bonds is 4. The Morgan fingerprint density at radius 1 is 1.62 bits per heavy atom. The number of carboxylic acid groups (broad SMARTS) is 1. The van der Waals surface area contributed by atoms with Gasteiger partial charge in [-0.25, -0.2) is 9.78 Å². The molecule has 0 radical (unpaired) electrons. The lowest BCUT2D eigenvalue weighted by molar-refractivity contribution is 0.0683. The van der Waals surface area contributed by atoms with Gasteiger partial charge >= 0.3 is 5.97 Å². The van der Waals surface area contributed by atoms with Crippen molar-refractivity contribution in [1.82, 2.24) is 9.55 Å². The lowest BCUT2D eigenvalue weighted by atomic mass is 9.93. The van der Waals surface area contributed by atoms with E-state index in [-0.39, 0.29) is 11.7 Å². The third kappa shape index (κ3) is 1.89. The van der Waals surface area contributed by atoms with Crippen molar-refractivity contribution in [3.63, 3.8) is 0 Å². The quantitative estimate of drug-likeness (QED) is 0.820. The third-order valence-corrected chi connectivity index (χ3v) is 2.97. The lowest BCUT2D eigenvalue weighted by Gasteiger charge is -2.28.